The largest absolute Gasteiger partial charge is 0.395 e. The van der Waals surface area contributed by atoms with E-state index in [-0.39, 0.29) is 6.61 Å². The highest BCUT2D eigenvalue weighted by Crippen LogP contribution is 2.01. The zero-order chi connectivity index (χ0) is 7.40. The average Bonchev–Trinajstić information content (AvgIpc) is 2.43. The van der Waals surface area contributed by atoms with Crippen molar-refractivity contribution in [3.8, 4) is 0 Å². The second kappa shape index (κ2) is 3.91. The molecule has 0 aromatic carbocycles. The van der Waals surface area contributed by atoms with Crippen LogP contribution in [0.5, 0.6) is 0 Å². The molecule has 0 saturated carbocycles. The standard InChI is InChI=1S/C7H16N2O/c1-8-7(5-10)6-3-2-4-9-6/h6-10H,2-5H2,1H3/p+1. The molecule has 0 aromatic rings. The number of hydrogen-bond donors (Lipinski definition) is 3. The molecule has 3 nitrogen and oxygen atoms in total. The van der Waals surface area contributed by atoms with Crippen LogP contribution in [0, 0.1) is 0 Å². The van der Waals surface area contributed by atoms with Gasteiger partial charge in [-0.15, -0.1) is 0 Å². The molecule has 1 aliphatic heterocycles. The van der Waals surface area contributed by atoms with E-state index in [1.54, 1.807) is 0 Å². The molecule has 2 unspecified atom stereocenters. The van der Waals surface area contributed by atoms with Crippen molar-refractivity contribution in [1.29, 1.82) is 0 Å². The topological polar surface area (TPSA) is 48.9 Å². The van der Waals surface area contributed by atoms with Gasteiger partial charge in [0.25, 0.3) is 0 Å². The van der Waals surface area contributed by atoms with Crippen LogP contribution in [0.3, 0.4) is 0 Å². The molecule has 0 aromatic heterocycles. The number of nitrogens with one attached hydrogen (secondary N) is 1. The van der Waals surface area contributed by atoms with Crippen LogP contribution in [0.4, 0.5) is 0 Å². The highest BCUT2D eigenvalue weighted by Gasteiger charge is 2.25. The Morgan fingerprint density at radius 2 is 2.60 bits per heavy atom. The molecule has 10 heavy (non-hydrogen) atoms. The van der Waals surface area contributed by atoms with Gasteiger partial charge in [-0.3, -0.25) is 0 Å². The fourth-order valence-electron chi connectivity index (χ4n) is 1.61. The van der Waals surface area contributed by atoms with Crippen LogP contribution in [-0.2, 0) is 0 Å². The fourth-order valence-corrected chi connectivity index (χ4v) is 1.61. The molecule has 1 fully saturated rings. The Hall–Kier alpha value is -0.120. The second-order valence-electron chi connectivity index (χ2n) is 2.91. The molecule has 0 spiro atoms. The van der Waals surface area contributed by atoms with E-state index in [0.29, 0.717) is 12.1 Å². The molecule has 3 heteroatoms. The van der Waals surface area contributed by atoms with Crippen LogP contribution in [-0.4, -0.2) is 37.4 Å². The molecule has 0 aliphatic carbocycles. The number of aliphatic hydroxyl groups is 1. The molecule has 0 bridgehead atoms. The summed E-state index contributed by atoms with van der Waals surface area (Å²) in [6.07, 6.45) is 2.54. The quantitative estimate of drug-likeness (QED) is 0.443. The minimum absolute atomic E-state index is 0.262. The summed E-state index contributed by atoms with van der Waals surface area (Å²) >= 11 is 0. The van der Waals surface area contributed by atoms with Crippen molar-refractivity contribution >= 4 is 0 Å². The van der Waals surface area contributed by atoms with Crippen molar-refractivity contribution < 1.29 is 10.4 Å². The molecular formula is C7H17N2O+. The van der Waals surface area contributed by atoms with E-state index in [4.69, 9.17) is 5.11 Å². The van der Waals surface area contributed by atoms with Gasteiger partial charge in [0, 0.05) is 12.8 Å². The lowest BCUT2D eigenvalue weighted by atomic mass is 10.1. The highest BCUT2D eigenvalue weighted by atomic mass is 16.3. The SMILES string of the molecule is CNC(CO)C1CCC[NH2+]1. The predicted octanol–water partition coefficient (Wildman–Crippen LogP) is -1.71. The zero-order valence-corrected chi connectivity index (χ0v) is 6.51. The first-order valence-electron chi connectivity index (χ1n) is 4.00. The Labute approximate surface area is 61.8 Å². The lowest BCUT2D eigenvalue weighted by Crippen LogP contribution is -2.90. The molecular weight excluding hydrogens is 128 g/mol. The van der Waals surface area contributed by atoms with Gasteiger partial charge in [-0.25, -0.2) is 0 Å². The Morgan fingerprint density at radius 1 is 1.80 bits per heavy atom. The summed E-state index contributed by atoms with van der Waals surface area (Å²) in [5, 5.41) is 14.3. The van der Waals surface area contributed by atoms with Crippen molar-refractivity contribution in [1.82, 2.24) is 5.32 Å². The summed E-state index contributed by atoms with van der Waals surface area (Å²) in [5.41, 5.74) is 0. The molecule has 60 valence electrons. The van der Waals surface area contributed by atoms with E-state index in [9.17, 15) is 0 Å². The Bertz CT molecular complexity index is 87.6. The van der Waals surface area contributed by atoms with Crippen LogP contribution in [0.2, 0.25) is 0 Å². The van der Waals surface area contributed by atoms with Gasteiger partial charge in [0.2, 0.25) is 0 Å². The number of rotatable bonds is 3. The fraction of sp³-hybridized carbons (Fsp3) is 1.00. The maximum absolute atomic E-state index is 8.90. The molecule has 0 amide bonds. The lowest BCUT2D eigenvalue weighted by Gasteiger charge is -2.17. The van der Waals surface area contributed by atoms with Crippen molar-refractivity contribution in [2.75, 3.05) is 20.2 Å². The minimum atomic E-state index is 0.262. The average molecular weight is 145 g/mol. The van der Waals surface area contributed by atoms with Crippen molar-refractivity contribution in [3.63, 3.8) is 0 Å². The van der Waals surface area contributed by atoms with Crippen molar-refractivity contribution in [2.45, 2.75) is 24.9 Å². The van der Waals surface area contributed by atoms with Gasteiger partial charge in [-0.1, -0.05) is 0 Å². The van der Waals surface area contributed by atoms with Gasteiger partial charge in [-0.2, -0.15) is 0 Å². The number of nitrogens with two attached hydrogens (primary N) is 1. The van der Waals surface area contributed by atoms with E-state index < -0.39 is 0 Å². The van der Waals surface area contributed by atoms with Crippen LogP contribution in [0.15, 0.2) is 0 Å². The summed E-state index contributed by atoms with van der Waals surface area (Å²) in [6.45, 7) is 1.49. The lowest BCUT2D eigenvalue weighted by molar-refractivity contribution is -0.672. The third kappa shape index (κ3) is 1.68. The molecule has 4 N–H and O–H groups in total. The first-order chi connectivity index (χ1) is 4.88. The molecule has 1 rings (SSSR count). The summed E-state index contributed by atoms with van der Waals surface area (Å²) in [7, 11) is 1.91. The Morgan fingerprint density at radius 3 is 3.00 bits per heavy atom. The van der Waals surface area contributed by atoms with Crippen molar-refractivity contribution in [2.24, 2.45) is 0 Å². The number of hydrogen-bond acceptors (Lipinski definition) is 2. The second-order valence-corrected chi connectivity index (χ2v) is 2.91. The summed E-state index contributed by atoms with van der Waals surface area (Å²) in [5.74, 6) is 0. The van der Waals surface area contributed by atoms with Gasteiger partial charge < -0.3 is 15.7 Å². The molecule has 1 saturated heterocycles. The minimum Gasteiger partial charge on any atom is -0.395 e. The maximum atomic E-state index is 8.90. The highest BCUT2D eigenvalue weighted by molar-refractivity contribution is 4.74. The number of aliphatic hydroxyl groups excluding tert-OH is 1. The van der Waals surface area contributed by atoms with E-state index >= 15 is 0 Å². The van der Waals surface area contributed by atoms with Crippen LogP contribution in [0.1, 0.15) is 12.8 Å². The number of quaternary nitrogens is 1. The predicted molar refractivity (Wildman–Crippen MR) is 39.7 cm³/mol. The van der Waals surface area contributed by atoms with E-state index in [1.165, 1.54) is 19.4 Å². The third-order valence-electron chi connectivity index (χ3n) is 2.30. The van der Waals surface area contributed by atoms with E-state index in [2.05, 4.69) is 10.6 Å². The Kier molecular flexibility index (Phi) is 3.12. The zero-order valence-electron chi connectivity index (χ0n) is 6.51. The van der Waals surface area contributed by atoms with E-state index in [0.717, 1.165) is 0 Å². The van der Waals surface area contributed by atoms with Gasteiger partial charge in [-0.05, 0) is 7.05 Å². The van der Waals surface area contributed by atoms with Crippen LogP contribution in [0.25, 0.3) is 0 Å². The van der Waals surface area contributed by atoms with Gasteiger partial charge in [0.1, 0.15) is 6.04 Å². The van der Waals surface area contributed by atoms with Gasteiger partial charge >= 0.3 is 0 Å². The monoisotopic (exact) mass is 145 g/mol. The molecule has 2 atom stereocenters. The van der Waals surface area contributed by atoms with Crippen molar-refractivity contribution in [3.05, 3.63) is 0 Å². The summed E-state index contributed by atoms with van der Waals surface area (Å²) in [6, 6.07) is 0.900. The third-order valence-corrected chi connectivity index (χ3v) is 2.30. The normalized spacial score (nSPS) is 28.8. The van der Waals surface area contributed by atoms with Crippen LogP contribution >= 0.6 is 0 Å². The molecule has 1 heterocycles. The maximum Gasteiger partial charge on any atom is 0.104 e. The van der Waals surface area contributed by atoms with E-state index in [1.807, 2.05) is 7.05 Å². The molecule has 0 radical (unpaired) electrons. The number of likely N-dealkylation sites (N-methyl/N-ethyl adjacent to an activating group) is 1. The first-order valence-corrected chi connectivity index (χ1v) is 4.00. The summed E-state index contributed by atoms with van der Waals surface area (Å²) < 4.78 is 0. The van der Waals surface area contributed by atoms with Gasteiger partial charge in [0.15, 0.2) is 0 Å². The van der Waals surface area contributed by atoms with Gasteiger partial charge in [0.05, 0.1) is 19.2 Å². The summed E-state index contributed by atoms with van der Waals surface area (Å²) in [4.78, 5) is 0. The molecule has 1 aliphatic rings. The van der Waals surface area contributed by atoms with Crippen LogP contribution < -0.4 is 10.6 Å². The Balaban J connectivity index is 2.29. The smallest absolute Gasteiger partial charge is 0.104 e. The first kappa shape index (κ1) is 7.98.